The predicted molar refractivity (Wildman–Crippen MR) is 57.0 cm³/mol. The van der Waals surface area contributed by atoms with E-state index >= 15 is 0 Å². The molecule has 13 heavy (non-hydrogen) atoms. The quantitative estimate of drug-likeness (QED) is 0.645. The van der Waals surface area contributed by atoms with Gasteiger partial charge in [0, 0.05) is 0 Å². The maximum absolute atomic E-state index is 2.42. The summed E-state index contributed by atoms with van der Waals surface area (Å²) in [7, 11) is 0. The Kier molecular flexibility index (Phi) is 2.39. The van der Waals surface area contributed by atoms with Gasteiger partial charge in [0.15, 0.2) is 0 Å². The highest BCUT2D eigenvalue weighted by Gasteiger charge is 2.10. The Bertz CT molecular complexity index is 297. The molecular weight excluding hydrogens is 156 g/mol. The largest absolute Gasteiger partial charge is 0.0625 e. The van der Waals surface area contributed by atoms with Crippen LogP contribution in [0.3, 0.4) is 0 Å². The summed E-state index contributed by atoms with van der Waals surface area (Å²) in [6.07, 6.45) is 5.20. The molecule has 1 aliphatic carbocycles. The standard InChI is InChI=1S/C13H18/c1-10(2)8-11-6-7-12-4-3-5-13(12)9-11/h6-7,9-10H,3-5,8H2,1-2H3. The predicted octanol–water partition coefficient (Wildman–Crippen LogP) is 3.37. The summed E-state index contributed by atoms with van der Waals surface area (Å²) in [5.41, 5.74) is 4.72. The van der Waals surface area contributed by atoms with Crippen molar-refractivity contribution in [1.29, 1.82) is 0 Å². The zero-order valence-electron chi connectivity index (χ0n) is 8.64. The van der Waals surface area contributed by atoms with Gasteiger partial charge >= 0.3 is 0 Å². The Morgan fingerprint density at radius 1 is 1.15 bits per heavy atom. The molecule has 0 nitrogen and oxygen atoms in total. The van der Waals surface area contributed by atoms with Gasteiger partial charge < -0.3 is 0 Å². The summed E-state index contributed by atoms with van der Waals surface area (Å²) in [5.74, 6) is 0.777. The van der Waals surface area contributed by atoms with Crippen LogP contribution in [0.5, 0.6) is 0 Å². The number of aryl methyl sites for hydroxylation is 2. The topological polar surface area (TPSA) is 0 Å². The zero-order valence-corrected chi connectivity index (χ0v) is 8.64. The second-order valence-electron chi connectivity index (χ2n) is 4.55. The van der Waals surface area contributed by atoms with Crippen LogP contribution in [0.1, 0.15) is 37.0 Å². The van der Waals surface area contributed by atoms with Crippen LogP contribution >= 0.6 is 0 Å². The number of hydrogen-bond donors (Lipinski definition) is 0. The molecule has 0 saturated heterocycles. The summed E-state index contributed by atoms with van der Waals surface area (Å²) in [4.78, 5) is 0. The molecule has 70 valence electrons. The van der Waals surface area contributed by atoms with Gasteiger partial charge in [-0.3, -0.25) is 0 Å². The first-order valence-electron chi connectivity index (χ1n) is 5.36. The van der Waals surface area contributed by atoms with E-state index in [2.05, 4.69) is 32.0 Å². The first kappa shape index (κ1) is 8.80. The average molecular weight is 174 g/mol. The minimum atomic E-state index is 0.777. The molecular formula is C13H18. The van der Waals surface area contributed by atoms with E-state index in [1.165, 1.54) is 31.2 Å². The highest BCUT2D eigenvalue weighted by Crippen LogP contribution is 2.23. The molecule has 0 saturated carbocycles. The molecule has 2 rings (SSSR count). The molecule has 0 unspecified atom stereocenters. The van der Waals surface area contributed by atoms with Crippen molar-refractivity contribution in [2.24, 2.45) is 5.92 Å². The van der Waals surface area contributed by atoms with Gasteiger partial charge in [-0.15, -0.1) is 0 Å². The van der Waals surface area contributed by atoms with E-state index in [1.54, 1.807) is 11.1 Å². The molecule has 1 aliphatic rings. The maximum atomic E-state index is 2.42. The molecule has 0 heterocycles. The lowest BCUT2D eigenvalue weighted by molar-refractivity contribution is 0.647. The van der Waals surface area contributed by atoms with Crippen LogP contribution in [0.15, 0.2) is 18.2 Å². The summed E-state index contributed by atoms with van der Waals surface area (Å²) < 4.78 is 0. The van der Waals surface area contributed by atoms with Gasteiger partial charge in [0.05, 0.1) is 0 Å². The molecule has 0 N–H and O–H groups in total. The van der Waals surface area contributed by atoms with Crippen LogP contribution in [-0.2, 0) is 19.3 Å². The molecule has 0 radical (unpaired) electrons. The maximum Gasteiger partial charge on any atom is -0.0256 e. The highest BCUT2D eigenvalue weighted by molar-refractivity contribution is 5.35. The lowest BCUT2D eigenvalue weighted by atomic mass is 9.99. The molecule has 0 amide bonds. The number of benzene rings is 1. The first-order chi connectivity index (χ1) is 6.25. The van der Waals surface area contributed by atoms with Crippen LogP contribution in [0.2, 0.25) is 0 Å². The van der Waals surface area contributed by atoms with Gasteiger partial charge in [-0.2, -0.15) is 0 Å². The van der Waals surface area contributed by atoms with Crippen molar-refractivity contribution in [3.8, 4) is 0 Å². The SMILES string of the molecule is CC(C)Cc1ccc2c(c1)CCC2. The van der Waals surface area contributed by atoms with Gasteiger partial charge in [-0.05, 0) is 48.3 Å². The third-order valence-corrected chi connectivity index (χ3v) is 2.81. The van der Waals surface area contributed by atoms with Crippen LogP contribution in [0, 0.1) is 5.92 Å². The fourth-order valence-corrected chi connectivity index (χ4v) is 2.22. The van der Waals surface area contributed by atoms with Crippen molar-refractivity contribution >= 4 is 0 Å². The van der Waals surface area contributed by atoms with E-state index in [4.69, 9.17) is 0 Å². The van der Waals surface area contributed by atoms with Crippen LogP contribution in [0.4, 0.5) is 0 Å². The Morgan fingerprint density at radius 2 is 1.92 bits per heavy atom. The van der Waals surface area contributed by atoms with Crippen LogP contribution < -0.4 is 0 Å². The minimum Gasteiger partial charge on any atom is -0.0625 e. The van der Waals surface area contributed by atoms with Gasteiger partial charge in [-0.1, -0.05) is 32.0 Å². The lowest BCUT2D eigenvalue weighted by Gasteiger charge is -2.07. The lowest BCUT2D eigenvalue weighted by Crippen LogP contribution is -1.95. The monoisotopic (exact) mass is 174 g/mol. The Labute approximate surface area is 81.0 Å². The molecule has 0 heteroatoms. The second kappa shape index (κ2) is 3.53. The average Bonchev–Trinajstić information content (AvgIpc) is 2.49. The van der Waals surface area contributed by atoms with E-state index in [0.29, 0.717) is 0 Å². The van der Waals surface area contributed by atoms with Crippen molar-refractivity contribution in [3.05, 3.63) is 34.9 Å². The smallest absolute Gasteiger partial charge is 0.0256 e. The van der Waals surface area contributed by atoms with E-state index in [0.717, 1.165) is 5.92 Å². The van der Waals surface area contributed by atoms with E-state index < -0.39 is 0 Å². The second-order valence-corrected chi connectivity index (χ2v) is 4.55. The number of fused-ring (bicyclic) bond motifs is 1. The molecule has 1 aromatic rings. The molecule has 1 aromatic carbocycles. The van der Waals surface area contributed by atoms with Gasteiger partial charge in [0.2, 0.25) is 0 Å². The third-order valence-electron chi connectivity index (χ3n) is 2.81. The summed E-state index contributed by atoms with van der Waals surface area (Å²) in [6.45, 7) is 4.57. The Morgan fingerprint density at radius 3 is 2.69 bits per heavy atom. The highest BCUT2D eigenvalue weighted by atomic mass is 14.2. The fraction of sp³-hybridized carbons (Fsp3) is 0.538. The van der Waals surface area contributed by atoms with Crippen LogP contribution in [0.25, 0.3) is 0 Å². The molecule has 0 spiro atoms. The zero-order chi connectivity index (χ0) is 9.26. The van der Waals surface area contributed by atoms with E-state index in [1.807, 2.05) is 0 Å². The van der Waals surface area contributed by atoms with Crippen molar-refractivity contribution in [1.82, 2.24) is 0 Å². The van der Waals surface area contributed by atoms with Gasteiger partial charge in [0.25, 0.3) is 0 Å². The fourth-order valence-electron chi connectivity index (χ4n) is 2.22. The Balaban J connectivity index is 2.21. The minimum absolute atomic E-state index is 0.777. The van der Waals surface area contributed by atoms with E-state index in [-0.39, 0.29) is 0 Å². The van der Waals surface area contributed by atoms with Crippen molar-refractivity contribution in [3.63, 3.8) is 0 Å². The summed E-state index contributed by atoms with van der Waals surface area (Å²) >= 11 is 0. The number of hydrogen-bond acceptors (Lipinski definition) is 0. The molecule has 0 aliphatic heterocycles. The molecule has 0 atom stereocenters. The number of rotatable bonds is 2. The van der Waals surface area contributed by atoms with Crippen molar-refractivity contribution in [2.75, 3.05) is 0 Å². The molecule has 0 aromatic heterocycles. The summed E-state index contributed by atoms with van der Waals surface area (Å²) in [5, 5.41) is 0. The molecule has 0 bridgehead atoms. The first-order valence-corrected chi connectivity index (χ1v) is 5.36. The molecule has 0 fully saturated rings. The van der Waals surface area contributed by atoms with E-state index in [9.17, 15) is 0 Å². The van der Waals surface area contributed by atoms with Crippen molar-refractivity contribution < 1.29 is 0 Å². The third kappa shape index (κ3) is 1.93. The Hall–Kier alpha value is -0.780. The summed E-state index contributed by atoms with van der Waals surface area (Å²) in [6, 6.07) is 7.06. The van der Waals surface area contributed by atoms with Gasteiger partial charge in [0.1, 0.15) is 0 Å². The van der Waals surface area contributed by atoms with Crippen LogP contribution in [-0.4, -0.2) is 0 Å². The normalized spacial score (nSPS) is 15.0. The van der Waals surface area contributed by atoms with Crippen molar-refractivity contribution in [2.45, 2.75) is 39.5 Å². The van der Waals surface area contributed by atoms with Gasteiger partial charge in [-0.25, -0.2) is 0 Å².